The van der Waals surface area contributed by atoms with Crippen molar-refractivity contribution in [2.45, 2.75) is 38.6 Å². The Hall–Kier alpha value is -2.60. The number of benzene rings is 1. The summed E-state index contributed by atoms with van der Waals surface area (Å²) in [5.74, 6) is 0.740. The van der Waals surface area contributed by atoms with Gasteiger partial charge in [0.05, 0.1) is 6.61 Å². The van der Waals surface area contributed by atoms with E-state index in [0.29, 0.717) is 43.3 Å². The van der Waals surface area contributed by atoms with E-state index in [1.165, 1.54) is 0 Å². The van der Waals surface area contributed by atoms with Gasteiger partial charge in [0.2, 0.25) is 5.91 Å². The van der Waals surface area contributed by atoms with Crippen LogP contribution in [-0.4, -0.2) is 47.4 Å². The quantitative estimate of drug-likeness (QED) is 0.701. The van der Waals surface area contributed by atoms with Crippen molar-refractivity contribution in [3.8, 4) is 5.75 Å². The number of nitrogens with one attached hydrogen (secondary N) is 1. The molecule has 0 spiro atoms. The van der Waals surface area contributed by atoms with Gasteiger partial charge in [0.1, 0.15) is 11.4 Å². The summed E-state index contributed by atoms with van der Waals surface area (Å²) in [6.07, 6.45) is 4.23. The molecule has 2 aromatic rings. The molecule has 1 fully saturated rings. The van der Waals surface area contributed by atoms with Crippen molar-refractivity contribution in [2.24, 2.45) is 0 Å². The highest BCUT2D eigenvalue weighted by Crippen LogP contribution is 2.21. The number of nitrogens with zero attached hydrogens (tertiary/aromatic N) is 2. The summed E-state index contributed by atoms with van der Waals surface area (Å²) in [7, 11) is 0. The van der Waals surface area contributed by atoms with E-state index in [2.05, 4.69) is 10.3 Å². The van der Waals surface area contributed by atoms with Crippen LogP contribution >= 0.6 is 11.6 Å². The normalized spacial score (nSPS) is 14.5. The van der Waals surface area contributed by atoms with Gasteiger partial charge >= 0.3 is 0 Å². The molecule has 0 bridgehead atoms. The van der Waals surface area contributed by atoms with E-state index >= 15 is 0 Å². The number of aromatic nitrogens is 1. The maximum absolute atomic E-state index is 12.4. The van der Waals surface area contributed by atoms with Crippen molar-refractivity contribution in [1.82, 2.24) is 15.2 Å². The molecular formula is C22H26ClN3O3. The number of likely N-dealkylation sites (tertiary alicyclic amines) is 1. The van der Waals surface area contributed by atoms with Crippen LogP contribution in [0.3, 0.4) is 0 Å². The summed E-state index contributed by atoms with van der Waals surface area (Å²) in [6.45, 7) is 3.73. The maximum Gasteiger partial charge on any atom is 0.270 e. The summed E-state index contributed by atoms with van der Waals surface area (Å²) in [5, 5.41) is 3.72. The molecule has 29 heavy (non-hydrogen) atoms. The van der Waals surface area contributed by atoms with Crippen molar-refractivity contribution in [1.29, 1.82) is 0 Å². The molecule has 7 heteroatoms. The summed E-state index contributed by atoms with van der Waals surface area (Å²) < 4.78 is 5.70. The minimum atomic E-state index is -0.162. The molecule has 1 aliphatic rings. The van der Waals surface area contributed by atoms with Crippen LogP contribution in [0.25, 0.3) is 0 Å². The van der Waals surface area contributed by atoms with Crippen LogP contribution in [0.5, 0.6) is 5.75 Å². The molecule has 0 radical (unpaired) electrons. The van der Waals surface area contributed by atoms with Crippen LogP contribution in [0.2, 0.25) is 5.02 Å². The van der Waals surface area contributed by atoms with Crippen molar-refractivity contribution < 1.29 is 14.3 Å². The third-order valence-corrected chi connectivity index (χ3v) is 5.44. The molecule has 0 saturated carbocycles. The van der Waals surface area contributed by atoms with Crippen LogP contribution in [0, 0.1) is 6.92 Å². The Bertz CT molecular complexity index is 836. The summed E-state index contributed by atoms with van der Waals surface area (Å²) in [4.78, 5) is 30.5. The average Bonchev–Trinajstić information content (AvgIpc) is 2.74. The molecule has 6 nitrogen and oxygen atoms in total. The van der Waals surface area contributed by atoms with Gasteiger partial charge in [-0.3, -0.25) is 14.6 Å². The third kappa shape index (κ3) is 6.19. The number of aryl methyl sites for hydroxylation is 1. The third-order valence-electron chi connectivity index (χ3n) is 5.01. The predicted molar refractivity (Wildman–Crippen MR) is 112 cm³/mol. The van der Waals surface area contributed by atoms with Gasteiger partial charge in [0.15, 0.2) is 0 Å². The monoisotopic (exact) mass is 415 g/mol. The lowest BCUT2D eigenvalue weighted by Crippen LogP contribution is -2.46. The minimum absolute atomic E-state index is 0.0741. The number of piperidine rings is 1. The molecule has 1 aromatic heterocycles. The number of rotatable bonds is 7. The molecule has 1 aromatic carbocycles. The lowest BCUT2D eigenvalue weighted by Gasteiger charge is -2.32. The molecule has 2 amide bonds. The Morgan fingerprint density at radius 3 is 2.72 bits per heavy atom. The second kappa shape index (κ2) is 10.3. The second-order valence-electron chi connectivity index (χ2n) is 7.21. The number of carbonyl (C=O) groups excluding carboxylic acids is 2. The van der Waals surface area contributed by atoms with Gasteiger partial charge < -0.3 is 15.0 Å². The molecule has 0 unspecified atom stereocenters. The van der Waals surface area contributed by atoms with Crippen LogP contribution in [0.1, 0.15) is 41.7 Å². The first-order valence-electron chi connectivity index (χ1n) is 9.91. The smallest absolute Gasteiger partial charge is 0.270 e. The number of hydrogen-bond acceptors (Lipinski definition) is 4. The number of hydrogen-bond donors (Lipinski definition) is 1. The van der Waals surface area contributed by atoms with E-state index in [4.69, 9.17) is 16.3 Å². The second-order valence-corrected chi connectivity index (χ2v) is 7.61. The maximum atomic E-state index is 12.4. The number of carbonyl (C=O) groups is 2. The highest BCUT2D eigenvalue weighted by Gasteiger charge is 2.24. The van der Waals surface area contributed by atoms with Crippen molar-refractivity contribution in [3.63, 3.8) is 0 Å². The lowest BCUT2D eigenvalue weighted by atomic mass is 10.0. The standard InChI is InChI=1S/C22H26ClN3O3/c1-16-15-18(7-8-19(16)23)29-14-4-6-21(27)26-12-9-17(10-13-26)25-22(28)20-5-2-3-11-24-20/h2-3,5,7-8,11,15,17H,4,6,9-10,12-14H2,1H3,(H,25,28). The summed E-state index contributed by atoms with van der Waals surface area (Å²) >= 11 is 6.01. The largest absolute Gasteiger partial charge is 0.494 e. The van der Waals surface area contributed by atoms with Crippen LogP contribution in [0.15, 0.2) is 42.6 Å². The average molecular weight is 416 g/mol. The molecule has 2 heterocycles. The first-order chi connectivity index (χ1) is 14.0. The van der Waals surface area contributed by atoms with E-state index in [0.717, 1.165) is 24.2 Å². The van der Waals surface area contributed by atoms with Gasteiger partial charge in [-0.2, -0.15) is 0 Å². The SMILES string of the molecule is Cc1cc(OCCCC(=O)N2CCC(NC(=O)c3ccccn3)CC2)ccc1Cl. The van der Waals surface area contributed by atoms with Crippen molar-refractivity contribution >= 4 is 23.4 Å². The van der Waals surface area contributed by atoms with E-state index in [-0.39, 0.29) is 17.9 Å². The zero-order chi connectivity index (χ0) is 20.6. The first kappa shape index (κ1) is 21.1. The fourth-order valence-corrected chi connectivity index (χ4v) is 3.43. The van der Waals surface area contributed by atoms with Crippen LogP contribution < -0.4 is 10.1 Å². The van der Waals surface area contributed by atoms with E-state index in [9.17, 15) is 9.59 Å². The Balaban J connectivity index is 1.34. The van der Waals surface area contributed by atoms with E-state index < -0.39 is 0 Å². The zero-order valence-corrected chi connectivity index (χ0v) is 17.3. The summed E-state index contributed by atoms with van der Waals surface area (Å²) in [6, 6.07) is 10.9. The predicted octanol–water partition coefficient (Wildman–Crippen LogP) is 3.62. The van der Waals surface area contributed by atoms with Gasteiger partial charge in [0, 0.05) is 36.8 Å². The fourth-order valence-electron chi connectivity index (χ4n) is 3.31. The van der Waals surface area contributed by atoms with Crippen molar-refractivity contribution in [2.75, 3.05) is 19.7 Å². The molecule has 1 N–H and O–H groups in total. The van der Waals surface area contributed by atoms with Gasteiger partial charge in [-0.05, 0) is 62.1 Å². The number of amides is 2. The van der Waals surface area contributed by atoms with Gasteiger partial charge in [-0.1, -0.05) is 17.7 Å². The molecule has 1 saturated heterocycles. The fraction of sp³-hybridized carbons (Fsp3) is 0.409. The molecule has 0 atom stereocenters. The highest BCUT2D eigenvalue weighted by molar-refractivity contribution is 6.31. The number of halogens is 1. The van der Waals surface area contributed by atoms with Gasteiger partial charge in [0.25, 0.3) is 5.91 Å². The Kier molecular flexibility index (Phi) is 7.47. The Labute approximate surface area is 176 Å². The molecule has 1 aliphatic heterocycles. The lowest BCUT2D eigenvalue weighted by molar-refractivity contribution is -0.132. The molecule has 3 rings (SSSR count). The van der Waals surface area contributed by atoms with Crippen LogP contribution in [0.4, 0.5) is 0 Å². The Morgan fingerprint density at radius 1 is 1.24 bits per heavy atom. The number of ether oxygens (including phenoxy) is 1. The zero-order valence-electron chi connectivity index (χ0n) is 16.6. The van der Waals surface area contributed by atoms with Gasteiger partial charge in [-0.15, -0.1) is 0 Å². The van der Waals surface area contributed by atoms with E-state index in [1.807, 2.05) is 30.0 Å². The first-order valence-corrected chi connectivity index (χ1v) is 10.3. The summed E-state index contributed by atoms with van der Waals surface area (Å²) in [5.41, 5.74) is 1.39. The van der Waals surface area contributed by atoms with Crippen LogP contribution in [-0.2, 0) is 4.79 Å². The topological polar surface area (TPSA) is 71.5 Å². The number of pyridine rings is 1. The molecular weight excluding hydrogens is 390 g/mol. The highest BCUT2D eigenvalue weighted by atomic mass is 35.5. The van der Waals surface area contributed by atoms with Crippen molar-refractivity contribution in [3.05, 3.63) is 58.9 Å². The van der Waals surface area contributed by atoms with Gasteiger partial charge in [-0.25, -0.2) is 0 Å². The minimum Gasteiger partial charge on any atom is -0.494 e. The molecule has 154 valence electrons. The van der Waals surface area contributed by atoms with E-state index in [1.54, 1.807) is 24.4 Å². The Morgan fingerprint density at radius 2 is 2.03 bits per heavy atom. The molecule has 0 aliphatic carbocycles.